The summed E-state index contributed by atoms with van der Waals surface area (Å²) in [5.41, 5.74) is 6.68. The molecule has 0 radical (unpaired) electrons. The van der Waals surface area contributed by atoms with E-state index in [4.69, 9.17) is 9.97 Å². The molecular weight excluding hydrogens is 683 g/mol. The Labute approximate surface area is 311 Å². The van der Waals surface area contributed by atoms with Crippen molar-refractivity contribution in [1.29, 1.82) is 0 Å². The maximum Gasteiger partial charge on any atom is 0.162 e. The van der Waals surface area contributed by atoms with Crippen LogP contribution in [0.2, 0.25) is 0 Å². The Balaban J connectivity index is 1.13. The molecular formula is C48H27N3S2. The van der Waals surface area contributed by atoms with Crippen LogP contribution < -0.4 is 0 Å². The van der Waals surface area contributed by atoms with Crippen LogP contribution in [0, 0.1) is 0 Å². The third kappa shape index (κ3) is 4.15. The zero-order valence-electron chi connectivity index (χ0n) is 28.2. The van der Waals surface area contributed by atoms with Gasteiger partial charge in [0, 0.05) is 58.5 Å². The first kappa shape index (κ1) is 29.2. The van der Waals surface area contributed by atoms with Crippen LogP contribution in [0.15, 0.2) is 164 Å². The van der Waals surface area contributed by atoms with Crippen LogP contribution in [0.25, 0.3) is 112 Å². The molecule has 5 heteroatoms. The lowest BCUT2D eigenvalue weighted by Gasteiger charge is -2.12. The zero-order valence-corrected chi connectivity index (χ0v) is 29.9. The fourth-order valence-electron chi connectivity index (χ4n) is 8.54. The van der Waals surface area contributed by atoms with Crippen molar-refractivity contribution < 1.29 is 0 Å². The second-order valence-corrected chi connectivity index (χ2v) is 15.8. The molecule has 4 heterocycles. The van der Waals surface area contributed by atoms with E-state index in [-0.39, 0.29) is 0 Å². The number of benzene rings is 8. The van der Waals surface area contributed by atoms with Gasteiger partial charge in [-0.15, -0.1) is 22.7 Å². The minimum Gasteiger partial charge on any atom is -0.308 e. The van der Waals surface area contributed by atoms with Gasteiger partial charge in [-0.05, 0) is 51.9 Å². The third-order valence-electron chi connectivity index (χ3n) is 10.8. The average Bonchev–Trinajstić information content (AvgIpc) is 3.91. The molecule has 4 aromatic heterocycles. The molecule has 0 aliphatic carbocycles. The van der Waals surface area contributed by atoms with Crippen molar-refractivity contribution in [3.63, 3.8) is 0 Å². The first-order chi connectivity index (χ1) is 26.3. The Kier molecular flexibility index (Phi) is 6.09. The molecule has 0 atom stereocenters. The third-order valence-corrected chi connectivity index (χ3v) is 13.1. The maximum atomic E-state index is 5.40. The van der Waals surface area contributed by atoms with Crippen LogP contribution in [-0.4, -0.2) is 14.5 Å². The number of rotatable bonds is 3. The van der Waals surface area contributed by atoms with Crippen LogP contribution >= 0.6 is 22.7 Å². The van der Waals surface area contributed by atoms with Crippen molar-refractivity contribution in [2.75, 3.05) is 0 Å². The van der Waals surface area contributed by atoms with Gasteiger partial charge in [0.25, 0.3) is 0 Å². The maximum absolute atomic E-state index is 5.40. The van der Waals surface area contributed by atoms with Crippen LogP contribution in [0.1, 0.15) is 0 Å². The normalized spacial score (nSPS) is 12.2. The van der Waals surface area contributed by atoms with E-state index in [1.165, 1.54) is 68.2 Å². The molecule has 12 aromatic rings. The molecule has 3 nitrogen and oxygen atoms in total. The van der Waals surface area contributed by atoms with E-state index in [1.807, 2.05) is 11.3 Å². The minimum absolute atomic E-state index is 0.751. The molecule has 53 heavy (non-hydrogen) atoms. The van der Waals surface area contributed by atoms with Crippen molar-refractivity contribution in [2.24, 2.45) is 0 Å². The second kappa shape index (κ2) is 11.1. The molecule has 0 unspecified atom stereocenters. The van der Waals surface area contributed by atoms with Gasteiger partial charge in [-0.25, -0.2) is 9.97 Å². The Morgan fingerprint density at radius 1 is 0.434 bits per heavy atom. The molecule has 0 spiro atoms. The van der Waals surface area contributed by atoms with E-state index < -0.39 is 0 Å². The zero-order chi connectivity index (χ0) is 34.6. The summed E-state index contributed by atoms with van der Waals surface area (Å²) in [7, 11) is 0. The fourth-order valence-corrected chi connectivity index (χ4v) is 10.9. The number of fused-ring (bicyclic) bond motifs is 14. The number of hydrogen-bond donors (Lipinski definition) is 0. The number of hydrogen-bond acceptors (Lipinski definition) is 4. The standard InChI is InChI=1S/C48H27N3S2/c1-2-14-31-28(12-1)13-11-20-34(31)47-49-44(43-37-19-7-10-23-40(37)53-48(43)50-47)29-24-26-30(27-25-29)51-38-21-8-5-17-35(38)41-32-15-3-4-16-33(32)42-36-18-6-9-22-39(36)52-46(42)45(41)51/h1-27H. The number of nitrogens with zero attached hydrogens (tertiary/aromatic N) is 3. The highest BCUT2D eigenvalue weighted by Crippen LogP contribution is 2.48. The molecule has 0 bridgehead atoms. The monoisotopic (exact) mass is 709 g/mol. The number of thiophene rings is 2. The minimum atomic E-state index is 0.751. The SMILES string of the molecule is c1ccc2c(-c3nc(-c4ccc(-n5c6ccccc6c6c7ccccc7c7c8ccccc8sc7c65)cc4)c4c(n3)sc3ccccc34)cccc2c1. The van der Waals surface area contributed by atoms with Crippen molar-refractivity contribution >= 4 is 106 Å². The molecule has 8 aromatic carbocycles. The van der Waals surface area contributed by atoms with Crippen LogP contribution in [0.4, 0.5) is 0 Å². The summed E-state index contributed by atoms with van der Waals surface area (Å²) in [5.74, 6) is 0.751. The number of aromatic nitrogens is 3. The van der Waals surface area contributed by atoms with Gasteiger partial charge in [0.2, 0.25) is 0 Å². The van der Waals surface area contributed by atoms with Gasteiger partial charge in [0.05, 0.1) is 21.4 Å². The lowest BCUT2D eigenvalue weighted by atomic mass is 9.99. The van der Waals surface area contributed by atoms with Gasteiger partial charge in [-0.2, -0.15) is 0 Å². The molecule has 12 rings (SSSR count). The van der Waals surface area contributed by atoms with Crippen molar-refractivity contribution in [3.05, 3.63) is 164 Å². The first-order valence-corrected chi connectivity index (χ1v) is 19.5. The van der Waals surface area contributed by atoms with Crippen molar-refractivity contribution in [3.8, 4) is 28.3 Å². The average molecular weight is 710 g/mol. The van der Waals surface area contributed by atoms with Crippen LogP contribution in [0.3, 0.4) is 0 Å². The molecule has 0 aliphatic rings. The summed E-state index contributed by atoms with van der Waals surface area (Å²) in [6.45, 7) is 0. The highest BCUT2D eigenvalue weighted by atomic mass is 32.1. The summed E-state index contributed by atoms with van der Waals surface area (Å²) < 4.78 is 6.33. The summed E-state index contributed by atoms with van der Waals surface area (Å²) in [4.78, 5) is 11.6. The molecule has 246 valence electrons. The van der Waals surface area contributed by atoms with Gasteiger partial charge in [-0.1, -0.05) is 133 Å². The molecule has 0 amide bonds. The lowest BCUT2D eigenvalue weighted by Crippen LogP contribution is -1.96. The quantitative estimate of drug-likeness (QED) is 0.183. The molecule has 0 fully saturated rings. The topological polar surface area (TPSA) is 30.7 Å². The Bertz CT molecular complexity index is 3450. The Hall–Kier alpha value is -6.40. The van der Waals surface area contributed by atoms with E-state index in [2.05, 4.69) is 168 Å². The van der Waals surface area contributed by atoms with Gasteiger partial charge < -0.3 is 4.57 Å². The molecule has 0 N–H and O–H groups in total. The summed E-state index contributed by atoms with van der Waals surface area (Å²) >= 11 is 3.64. The predicted octanol–water partition coefficient (Wildman–Crippen LogP) is 13.9. The molecule has 0 aliphatic heterocycles. The Morgan fingerprint density at radius 3 is 1.83 bits per heavy atom. The smallest absolute Gasteiger partial charge is 0.162 e. The van der Waals surface area contributed by atoms with Gasteiger partial charge in [0.15, 0.2) is 5.82 Å². The van der Waals surface area contributed by atoms with Gasteiger partial charge in [0.1, 0.15) is 4.83 Å². The predicted molar refractivity (Wildman–Crippen MR) is 228 cm³/mol. The summed E-state index contributed by atoms with van der Waals surface area (Å²) in [6.07, 6.45) is 0. The van der Waals surface area contributed by atoms with Gasteiger partial charge >= 0.3 is 0 Å². The highest BCUT2D eigenvalue weighted by molar-refractivity contribution is 7.27. The lowest BCUT2D eigenvalue weighted by molar-refractivity contribution is 1.19. The van der Waals surface area contributed by atoms with Crippen LogP contribution in [-0.2, 0) is 0 Å². The van der Waals surface area contributed by atoms with Crippen molar-refractivity contribution in [2.45, 2.75) is 0 Å². The van der Waals surface area contributed by atoms with E-state index in [0.717, 1.165) is 43.9 Å². The second-order valence-electron chi connectivity index (χ2n) is 13.7. The van der Waals surface area contributed by atoms with Crippen LogP contribution in [0.5, 0.6) is 0 Å². The first-order valence-electron chi connectivity index (χ1n) is 17.8. The largest absolute Gasteiger partial charge is 0.308 e. The number of para-hydroxylation sites is 1. The van der Waals surface area contributed by atoms with E-state index >= 15 is 0 Å². The van der Waals surface area contributed by atoms with E-state index in [0.29, 0.717) is 0 Å². The highest BCUT2D eigenvalue weighted by Gasteiger charge is 2.22. The Morgan fingerprint density at radius 2 is 1.04 bits per heavy atom. The van der Waals surface area contributed by atoms with E-state index in [9.17, 15) is 0 Å². The summed E-state index contributed by atoms with van der Waals surface area (Å²) in [5, 5.41) is 12.5. The van der Waals surface area contributed by atoms with Crippen molar-refractivity contribution in [1.82, 2.24) is 14.5 Å². The van der Waals surface area contributed by atoms with E-state index in [1.54, 1.807) is 11.3 Å². The van der Waals surface area contributed by atoms with Gasteiger partial charge in [-0.3, -0.25) is 0 Å². The summed E-state index contributed by atoms with van der Waals surface area (Å²) in [6, 6.07) is 59.2. The molecule has 0 saturated carbocycles. The fraction of sp³-hybridized carbons (Fsp3) is 0. The molecule has 0 saturated heterocycles.